The molecule has 1 fully saturated rings. The molecule has 4 aromatic rings. The highest BCUT2D eigenvalue weighted by Crippen LogP contribution is 2.47. The van der Waals surface area contributed by atoms with Crippen molar-refractivity contribution in [2.75, 3.05) is 5.73 Å². The Labute approximate surface area is 190 Å². The second-order valence-electron chi connectivity index (χ2n) is 9.14. The lowest BCUT2D eigenvalue weighted by molar-refractivity contribution is 0.0951. The van der Waals surface area contributed by atoms with E-state index in [0.29, 0.717) is 22.4 Å². The smallest absolute Gasteiger partial charge is 0.251 e. The van der Waals surface area contributed by atoms with E-state index in [1.165, 1.54) is 12.0 Å². The minimum absolute atomic E-state index is 0.0237. The maximum Gasteiger partial charge on any atom is 0.251 e. The average Bonchev–Trinajstić information content (AvgIpc) is 3.50. The van der Waals surface area contributed by atoms with Gasteiger partial charge in [-0.15, -0.1) is 0 Å². The Hall–Kier alpha value is -3.06. The topological polar surface area (TPSA) is 90.8 Å². The molecule has 2 aliphatic rings. The number of nitrogens with one attached hydrogen (secondary N) is 1. The Kier molecular flexibility index (Phi) is 4.27. The third kappa shape index (κ3) is 2.77. The molecule has 0 bridgehead atoms. The normalized spacial score (nSPS) is 15.8. The quantitative estimate of drug-likeness (QED) is 0.475. The molecule has 1 saturated carbocycles. The van der Waals surface area contributed by atoms with E-state index in [1.807, 2.05) is 18.2 Å². The largest absolute Gasteiger partial charge is 0.383 e. The number of benzene rings is 1. The van der Waals surface area contributed by atoms with Gasteiger partial charge in [-0.3, -0.25) is 4.79 Å². The number of aryl methyl sites for hydroxylation is 1. The van der Waals surface area contributed by atoms with Gasteiger partial charge in [0.25, 0.3) is 5.91 Å². The first kappa shape index (κ1) is 19.6. The molecule has 7 nitrogen and oxygen atoms in total. The van der Waals surface area contributed by atoms with Crippen LogP contribution in [-0.4, -0.2) is 31.1 Å². The average molecular weight is 449 g/mol. The number of aromatic nitrogens is 4. The summed E-state index contributed by atoms with van der Waals surface area (Å²) >= 11 is 7.03. The molecule has 0 radical (unpaired) electrons. The van der Waals surface area contributed by atoms with Crippen LogP contribution in [0, 0.1) is 0 Å². The van der Waals surface area contributed by atoms with E-state index in [4.69, 9.17) is 17.3 Å². The van der Waals surface area contributed by atoms with Crippen molar-refractivity contribution in [1.82, 2.24) is 24.4 Å². The van der Waals surface area contributed by atoms with Crippen LogP contribution in [0.1, 0.15) is 55.2 Å². The van der Waals surface area contributed by atoms with Crippen molar-refractivity contribution in [2.24, 2.45) is 0 Å². The number of nitrogens with two attached hydrogens (primary N) is 1. The summed E-state index contributed by atoms with van der Waals surface area (Å²) in [7, 11) is 0. The predicted octanol–water partition coefficient (Wildman–Crippen LogP) is 4.71. The first-order valence-corrected chi connectivity index (χ1v) is 11.6. The maximum absolute atomic E-state index is 12.7. The molecule has 1 aromatic carbocycles. The number of anilines is 1. The Balaban J connectivity index is 1.64. The van der Waals surface area contributed by atoms with E-state index in [0.717, 1.165) is 65.4 Å². The van der Waals surface area contributed by atoms with Crippen molar-refractivity contribution < 1.29 is 4.79 Å². The SMILES string of the molecule is CC(C)n1c2c(c3c(N)ncnc31)-c1c(Cl)c3ccc(C(=O)NC4CC4)cc3n1CCC2. The molecular weight excluding hydrogens is 424 g/mol. The number of rotatable bonds is 3. The zero-order valence-electron chi connectivity index (χ0n) is 18.2. The van der Waals surface area contributed by atoms with E-state index in [9.17, 15) is 4.79 Å². The third-order valence-electron chi connectivity index (χ3n) is 6.64. The molecule has 1 aliphatic carbocycles. The number of fused-ring (bicyclic) bond motifs is 7. The van der Waals surface area contributed by atoms with Crippen molar-refractivity contribution in [3.63, 3.8) is 0 Å². The van der Waals surface area contributed by atoms with E-state index in [-0.39, 0.29) is 11.9 Å². The Morgan fingerprint density at radius 2 is 2.09 bits per heavy atom. The molecule has 1 amide bonds. The Morgan fingerprint density at radius 3 is 2.84 bits per heavy atom. The lowest BCUT2D eigenvalue weighted by Crippen LogP contribution is -2.25. The molecule has 8 heteroatoms. The third-order valence-corrected chi connectivity index (χ3v) is 7.02. The Bertz CT molecular complexity index is 1410. The number of amides is 1. The monoisotopic (exact) mass is 448 g/mol. The molecule has 0 saturated heterocycles. The predicted molar refractivity (Wildman–Crippen MR) is 127 cm³/mol. The second kappa shape index (κ2) is 6.97. The highest BCUT2D eigenvalue weighted by atomic mass is 35.5. The fourth-order valence-corrected chi connectivity index (χ4v) is 5.44. The summed E-state index contributed by atoms with van der Waals surface area (Å²) in [5, 5.41) is 5.56. The summed E-state index contributed by atoms with van der Waals surface area (Å²) < 4.78 is 4.51. The second-order valence-corrected chi connectivity index (χ2v) is 9.52. The van der Waals surface area contributed by atoms with Gasteiger partial charge in [-0.25, -0.2) is 9.97 Å². The summed E-state index contributed by atoms with van der Waals surface area (Å²) in [6.07, 6.45) is 5.50. The molecule has 32 heavy (non-hydrogen) atoms. The number of nitrogens with zero attached hydrogens (tertiary/aromatic N) is 4. The van der Waals surface area contributed by atoms with Crippen molar-refractivity contribution in [3.8, 4) is 11.3 Å². The van der Waals surface area contributed by atoms with E-state index >= 15 is 0 Å². The number of carbonyl (C=O) groups excluding carboxylic acids is 1. The van der Waals surface area contributed by atoms with Crippen LogP contribution < -0.4 is 11.1 Å². The molecule has 1 aliphatic heterocycles. The van der Waals surface area contributed by atoms with Gasteiger partial charge in [-0.2, -0.15) is 0 Å². The maximum atomic E-state index is 12.7. The zero-order chi connectivity index (χ0) is 22.1. The minimum Gasteiger partial charge on any atom is -0.383 e. The van der Waals surface area contributed by atoms with Gasteiger partial charge < -0.3 is 20.2 Å². The number of hydrogen-bond acceptors (Lipinski definition) is 4. The molecule has 3 aromatic heterocycles. The van der Waals surface area contributed by atoms with Crippen LogP contribution in [0.15, 0.2) is 24.5 Å². The molecule has 164 valence electrons. The van der Waals surface area contributed by atoms with Crippen LogP contribution in [0.25, 0.3) is 33.2 Å². The zero-order valence-corrected chi connectivity index (χ0v) is 18.9. The van der Waals surface area contributed by atoms with Crippen LogP contribution in [0.2, 0.25) is 5.02 Å². The van der Waals surface area contributed by atoms with Crippen LogP contribution in [-0.2, 0) is 13.0 Å². The first-order chi connectivity index (χ1) is 15.5. The fourth-order valence-electron chi connectivity index (χ4n) is 5.09. The van der Waals surface area contributed by atoms with E-state index < -0.39 is 0 Å². The standard InChI is InChI=1S/C24H25ClN6O/c1-12(2)31-16-4-3-9-30-17-10-13(24(32)29-14-6-7-14)5-8-15(17)20(25)21(30)18(16)19-22(26)27-11-28-23(19)31/h5,8,10-12,14H,3-4,6-7,9H2,1-2H3,(H,29,32)(H2,26,27,28). The molecular formula is C24H25ClN6O. The van der Waals surface area contributed by atoms with Gasteiger partial charge in [-0.05, 0) is 51.7 Å². The van der Waals surface area contributed by atoms with Gasteiger partial charge in [0.15, 0.2) is 0 Å². The summed E-state index contributed by atoms with van der Waals surface area (Å²) in [4.78, 5) is 21.6. The van der Waals surface area contributed by atoms with Gasteiger partial charge in [0.2, 0.25) is 0 Å². The molecule has 0 unspecified atom stereocenters. The van der Waals surface area contributed by atoms with Crippen molar-refractivity contribution in [1.29, 1.82) is 0 Å². The van der Waals surface area contributed by atoms with Gasteiger partial charge in [0.05, 0.1) is 21.6 Å². The highest BCUT2D eigenvalue weighted by Gasteiger charge is 2.31. The minimum atomic E-state index is -0.0237. The van der Waals surface area contributed by atoms with E-state index in [1.54, 1.807) is 0 Å². The molecule has 4 heterocycles. The highest BCUT2D eigenvalue weighted by molar-refractivity contribution is 6.39. The van der Waals surface area contributed by atoms with Crippen molar-refractivity contribution >= 4 is 45.3 Å². The van der Waals surface area contributed by atoms with Crippen LogP contribution >= 0.6 is 11.6 Å². The summed E-state index contributed by atoms with van der Waals surface area (Å²) in [6, 6.07) is 6.33. The lowest BCUT2D eigenvalue weighted by atomic mass is 10.1. The number of halogens is 1. The molecule has 3 N–H and O–H groups in total. The van der Waals surface area contributed by atoms with Crippen molar-refractivity contribution in [3.05, 3.63) is 40.8 Å². The van der Waals surface area contributed by atoms with Crippen molar-refractivity contribution in [2.45, 2.75) is 58.2 Å². The summed E-state index contributed by atoms with van der Waals surface area (Å²) in [5.41, 5.74) is 12.0. The molecule has 0 spiro atoms. The number of carbonyl (C=O) groups is 1. The van der Waals surface area contributed by atoms with Gasteiger partial charge in [-0.1, -0.05) is 17.7 Å². The Morgan fingerprint density at radius 1 is 1.28 bits per heavy atom. The van der Waals surface area contributed by atoms with Gasteiger partial charge >= 0.3 is 0 Å². The number of hydrogen-bond donors (Lipinski definition) is 2. The first-order valence-electron chi connectivity index (χ1n) is 11.2. The van der Waals surface area contributed by atoms with Crippen LogP contribution in [0.3, 0.4) is 0 Å². The van der Waals surface area contributed by atoms with Crippen LogP contribution in [0.5, 0.6) is 0 Å². The summed E-state index contributed by atoms with van der Waals surface area (Å²) in [5.74, 6) is 0.439. The summed E-state index contributed by atoms with van der Waals surface area (Å²) in [6.45, 7) is 5.13. The fraction of sp³-hybridized carbons (Fsp3) is 0.375. The molecule has 6 rings (SSSR count). The molecule has 0 atom stereocenters. The lowest BCUT2D eigenvalue weighted by Gasteiger charge is -2.13. The van der Waals surface area contributed by atoms with Gasteiger partial charge in [0.1, 0.15) is 17.8 Å². The van der Waals surface area contributed by atoms with Crippen LogP contribution in [0.4, 0.5) is 5.82 Å². The van der Waals surface area contributed by atoms with Gasteiger partial charge in [0, 0.05) is 40.8 Å². The number of nitrogen functional groups attached to an aromatic ring is 1. The van der Waals surface area contributed by atoms with E-state index in [2.05, 4.69) is 38.3 Å².